The fraction of sp³-hybridized carbons (Fsp3) is 0.143. The molecule has 7 nitrogen and oxygen atoms in total. The fourth-order valence-corrected chi connectivity index (χ4v) is 2.37. The molecule has 0 saturated carbocycles. The van der Waals surface area contributed by atoms with E-state index in [-0.39, 0.29) is 12.4 Å². The fourth-order valence-electron chi connectivity index (χ4n) is 2.37. The van der Waals surface area contributed by atoms with Crippen LogP contribution in [0.1, 0.15) is 23.0 Å². The van der Waals surface area contributed by atoms with Gasteiger partial charge in [-0.1, -0.05) is 18.2 Å². The molecule has 1 heterocycles. The van der Waals surface area contributed by atoms with Crippen LogP contribution in [0.4, 0.5) is 4.39 Å². The lowest BCUT2D eigenvalue weighted by atomic mass is 10.2. The number of halogens is 1. The van der Waals surface area contributed by atoms with Gasteiger partial charge in [0, 0.05) is 5.56 Å². The lowest BCUT2D eigenvalue weighted by molar-refractivity contribution is -0.128. The number of hydrazine groups is 1. The van der Waals surface area contributed by atoms with Gasteiger partial charge in [-0.05, 0) is 49.4 Å². The molecule has 2 N–H and O–H groups in total. The molecule has 0 fully saturated rings. The van der Waals surface area contributed by atoms with Gasteiger partial charge in [-0.2, -0.15) is 0 Å². The smallest absolute Gasteiger partial charge is 0.305 e. The number of nitrogens with one attached hydrogen (secondary N) is 2. The van der Waals surface area contributed by atoms with Crippen molar-refractivity contribution in [2.45, 2.75) is 19.6 Å². The second-order valence-electron chi connectivity index (χ2n) is 6.03. The summed E-state index contributed by atoms with van der Waals surface area (Å²) < 4.78 is 29.1. The van der Waals surface area contributed by atoms with Gasteiger partial charge in [0.15, 0.2) is 11.9 Å². The minimum absolute atomic E-state index is 0.0216. The largest absolute Gasteiger partial charge is 0.489 e. The molecule has 0 aliphatic carbocycles. The molecular weight excluding hydrogens is 379 g/mol. The number of ether oxygens (including phenoxy) is 2. The molecule has 3 rings (SSSR count). The van der Waals surface area contributed by atoms with Gasteiger partial charge in [0.2, 0.25) is 0 Å². The first-order valence-electron chi connectivity index (χ1n) is 8.79. The van der Waals surface area contributed by atoms with E-state index in [1.54, 1.807) is 18.2 Å². The highest BCUT2D eigenvalue weighted by atomic mass is 19.1. The Kier molecular flexibility index (Phi) is 6.47. The summed E-state index contributed by atoms with van der Waals surface area (Å²) in [7, 11) is 0. The molecule has 150 valence electrons. The molecule has 0 radical (unpaired) electrons. The van der Waals surface area contributed by atoms with E-state index in [2.05, 4.69) is 10.9 Å². The summed E-state index contributed by atoms with van der Waals surface area (Å²) in [5.74, 6) is -0.632. The molecule has 0 spiro atoms. The second-order valence-corrected chi connectivity index (χ2v) is 6.03. The van der Waals surface area contributed by atoms with Crippen LogP contribution in [0.2, 0.25) is 0 Å². The molecule has 8 heteroatoms. The van der Waals surface area contributed by atoms with E-state index < -0.39 is 23.7 Å². The molecule has 2 amide bonds. The van der Waals surface area contributed by atoms with Gasteiger partial charge in [-0.25, -0.2) is 4.39 Å². The van der Waals surface area contributed by atoms with E-state index in [4.69, 9.17) is 13.9 Å². The first-order valence-corrected chi connectivity index (χ1v) is 8.79. The Bertz CT molecular complexity index is 957. The van der Waals surface area contributed by atoms with Crippen LogP contribution in [-0.4, -0.2) is 17.9 Å². The maximum atomic E-state index is 12.9. The lowest BCUT2D eigenvalue weighted by Crippen LogP contribution is -2.47. The van der Waals surface area contributed by atoms with Crippen LogP contribution in [-0.2, 0) is 11.4 Å². The average Bonchev–Trinajstić information content (AvgIpc) is 3.21. The van der Waals surface area contributed by atoms with Crippen LogP contribution in [0.15, 0.2) is 71.3 Å². The zero-order valence-corrected chi connectivity index (χ0v) is 15.6. The van der Waals surface area contributed by atoms with Crippen molar-refractivity contribution in [3.05, 3.63) is 84.1 Å². The van der Waals surface area contributed by atoms with Crippen LogP contribution in [0.5, 0.6) is 11.5 Å². The molecule has 0 aliphatic rings. The highest BCUT2D eigenvalue weighted by Gasteiger charge is 2.19. The van der Waals surface area contributed by atoms with E-state index in [9.17, 15) is 14.0 Å². The molecule has 3 aromatic rings. The summed E-state index contributed by atoms with van der Waals surface area (Å²) in [5, 5.41) is 0. The van der Waals surface area contributed by atoms with Gasteiger partial charge in [0.25, 0.3) is 5.91 Å². The first-order chi connectivity index (χ1) is 14.0. The minimum Gasteiger partial charge on any atom is -0.489 e. The Balaban J connectivity index is 1.50. The Morgan fingerprint density at radius 1 is 1.00 bits per heavy atom. The quantitative estimate of drug-likeness (QED) is 0.597. The van der Waals surface area contributed by atoms with Crippen LogP contribution in [0.25, 0.3) is 0 Å². The minimum atomic E-state index is -0.918. The van der Waals surface area contributed by atoms with Crippen LogP contribution < -0.4 is 20.3 Å². The summed E-state index contributed by atoms with van der Waals surface area (Å²) in [6.45, 7) is 1.62. The van der Waals surface area contributed by atoms with Crippen molar-refractivity contribution in [1.82, 2.24) is 10.9 Å². The summed E-state index contributed by atoms with van der Waals surface area (Å²) in [4.78, 5) is 24.4. The van der Waals surface area contributed by atoms with Crippen molar-refractivity contribution in [1.29, 1.82) is 0 Å². The number of hydrogen-bond acceptors (Lipinski definition) is 5. The number of benzene rings is 2. The number of para-hydroxylation sites is 1. The maximum absolute atomic E-state index is 12.9. The number of amides is 2. The third kappa shape index (κ3) is 5.58. The Hall–Kier alpha value is -3.81. The highest BCUT2D eigenvalue weighted by molar-refractivity contribution is 5.94. The maximum Gasteiger partial charge on any atom is 0.305 e. The second kappa shape index (κ2) is 9.41. The molecular formula is C21H19FN2O5. The van der Waals surface area contributed by atoms with Gasteiger partial charge in [-0.15, -0.1) is 0 Å². The van der Waals surface area contributed by atoms with Gasteiger partial charge in [-0.3, -0.25) is 20.4 Å². The van der Waals surface area contributed by atoms with Crippen molar-refractivity contribution in [3.63, 3.8) is 0 Å². The zero-order valence-electron chi connectivity index (χ0n) is 15.6. The summed E-state index contributed by atoms with van der Waals surface area (Å²) >= 11 is 0. The van der Waals surface area contributed by atoms with E-state index in [0.717, 1.165) is 0 Å². The molecule has 0 saturated heterocycles. The third-order valence-corrected chi connectivity index (χ3v) is 3.89. The van der Waals surface area contributed by atoms with Crippen LogP contribution in [0, 0.1) is 5.82 Å². The van der Waals surface area contributed by atoms with Gasteiger partial charge in [0.05, 0.1) is 6.26 Å². The number of hydrogen-bond donors (Lipinski definition) is 2. The molecule has 1 aromatic heterocycles. The molecule has 2 aromatic carbocycles. The standard InChI is InChI=1S/C21H19FN2O5/c1-14(29-18-9-7-16(22)8-10-18)20(25)23-24-21(26)19-15(11-12-27-19)13-28-17-5-3-2-4-6-17/h2-12,14H,13H2,1H3,(H,23,25)(H,24,26)/t14-/m1/s1. The number of carbonyl (C=O) groups excluding carboxylic acids is 2. The predicted molar refractivity (Wildman–Crippen MR) is 102 cm³/mol. The van der Waals surface area contributed by atoms with Crippen molar-refractivity contribution in [2.75, 3.05) is 0 Å². The van der Waals surface area contributed by atoms with Crippen LogP contribution in [0.3, 0.4) is 0 Å². The predicted octanol–water partition coefficient (Wildman–Crippen LogP) is 3.23. The van der Waals surface area contributed by atoms with Gasteiger partial charge < -0.3 is 13.9 Å². The number of carbonyl (C=O) groups is 2. The Labute approximate surface area is 166 Å². The monoisotopic (exact) mass is 398 g/mol. The van der Waals surface area contributed by atoms with Gasteiger partial charge >= 0.3 is 5.91 Å². The zero-order chi connectivity index (χ0) is 20.6. The van der Waals surface area contributed by atoms with Gasteiger partial charge in [0.1, 0.15) is 23.9 Å². The Morgan fingerprint density at radius 2 is 1.72 bits per heavy atom. The topological polar surface area (TPSA) is 89.8 Å². The Morgan fingerprint density at radius 3 is 2.45 bits per heavy atom. The van der Waals surface area contributed by atoms with E-state index in [0.29, 0.717) is 17.1 Å². The summed E-state index contributed by atoms with van der Waals surface area (Å²) in [5.41, 5.74) is 5.06. The van der Waals surface area contributed by atoms with Crippen molar-refractivity contribution < 1.29 is 27.9 Å². The first kappa shape index (κ1) is 19.9. The third-order valence-electron chi connectivity index (χ3n) is 3.89. The van der Waals surface area contributed by atoms with E-state index in [1.807, 2.05) is 18.2 Å². The van der Waals surface area contributed by atoms with E-state index in [1.165, 1.54) is 37.5 Å². The van der Waals surface area contributed by atoms with Crippen molar-refractivity contribution >= 4 is 11.8 Å². The highest BCUT2D eigenvalue weighted by Crippen LogP contribution is 2.16. The number of furan rings is 1. The summed E-state index contributed by atoms with van der Waals surface area (Å²) in [6, 6.07) is 16.0. The molecule has 29 heavy (non-hydrogen) atoms. The molecule has 0 bridgehead atoms. The van der Waals surface area contributed by atoms with Crippen molar-refractivity contribution in [3.8, 4) is 11.5 Å². The van der Waals surface area contributed by atoms with E-state index >= 15 is 0 Å². The summed E-state index contributed by atoms with van der Waals surface area (Å²) in [6.07, 6.45) is 0.444. The average molecular weight is 398 g/mol. The molecule has 0 aliphatic heterocycles. The molecule has 0 unspecified atom stereocenters. The molecule has 1 atom stereocenters. The lowest BCUT2D eigenvalue weighted by Gasteiger charge is -2.15. The normalized spacial score (nSPS) is 11.4. The number of rotatable bonds is 7. The van der Waals surface area contributed by atoms with Crippen molar-refractivity contribution in [2.24, 2.45) is 0 Å². The van der Waals surface area contributed by atoms with Crippen LogP contribution >= 0.6 is 0 Å². The SMILES string of the molecule is C[C@@H](Oc1ccc(F)cc1)C(=O)NNC(=O)c1occc1COc1ccccc1.